The molecule has 0 fully saturated rings. The van der Waals surface area contributed by atoms with Crippen LogP contribution >= 0.6 is 23.2 Å². The van der Waals surface area contributed by atoms with Crippen molar-refractivity contribution >= 4 is 29.1 Å². The molecule has 2 rings (SSSR count). The van der Waals surface area contributed by atoms with Crippen LogP contribution in [0.25, 0.3) is 0 Å². The molecule has 0 saturated carbocycles. The predicted molar refractivity (Wildman–Crippen MR) is 78.2 cm³/mol. The molecule has 0 unspecified atom stereocenters. The first-order valence-electron chi connectivity index (χ1n) is 6.16. The lowest BCUT2D eigenvalue weighted by Crippen LogP contribution is -2.24. The Morgan fingerprint density at radius 1 is 1.35 bits per heavy atom. The smallest absolute Gasteiger partial charge is 0.251 e. The van der Waals surface area contributed by atoms with E-state index in [4.69, 9.17) is 23.2 Å². The molecule has 7 heteroatoms. The molecular weight excluding hydrogens is 299 g/mol. The number of nitrogens with zero attached hydrogens (tertiary/aromatic N) is 2. The van der Waals surface area contributed by atoms with Crippen molar-refractivity contribution in [2.75, 3.05) is 6.54 Å². The second kappa shape index (κ2) is 6.72. The van der Waals surface area contributed by atoms with Crippen LogP contribution in [0.4, 0.5) is 0 Å². The molecule has 0 aromatic carbocycles. The Labute approximate surface area is 126 Å². The molecule has 0 aliphatic rings. The SMILES string of the molecule is Cc1[nH]ncc1CCCNC(=O)c1cc(Cl)nc(Cl)c1. The zero-order valence-corrected chi connectivity index (χ0v) is 12.4. The molecule has 2 aromatic heterocycles. The molecule has 106 valence electrons. The second-order valence-electron chi connectivity index (χ2n) is 4.38. The number of pyridine rings is 1. The summed E-state index contributed by atoms with van der Waals surface area (Å²) in [5.41, 5.74) is 2.63. The summed E-state index contributed by atoms with van der Waals surface area (Å²) in [6, 6.07) is 2.98. The number of aromatic amines is 1. The number of hydrogen-bond acceptors (Lipinski definition) is 3. The summed E-state index contributed by atoms with van der Waals surface area (Å²) in [5.74, 6) is -0.208. The third-order valence-electron chi connectivity index (χ3n) is 2.87. The van der Waals surface area contributed by atoms with Gasteiger partial charge in [0.2, 0.25) is 0 Å². The average molecular weight is 313 g/mol. The van der Waals surface area contributed by atoms with Gasteiger partial charge in [-0.3, -0.25) is 9.89 Å². The first-order chi connectivity index (χ1) is 9.56. The number of aryl methyl sites for hydroxylation is 2. The van der Waals surface area contributed by atoms with Crippen LogP contribution in [0.15, 0.2) is 18.3 Å². The zero-order valence-electron chi connectivity index (χ0n) is 10.9. The van der Waals surface area contributed by atoms with Crippen LogP contribution in [-0.2, 0) is 6.42 Å². The van der Waals surface area contributed by atoms with Gasteiger partial charge in [-0.1, -0.05) is 23.2 Å². The Kier molecular flexibility index (Phi) is 4.98. The topological polar surface area (TPSA) is 70.7 Å². The number of aromatic nitrogens is 3. The molecule has 0 aliphatic heterocycles. The fourth-order valence-electron chi connectivity index (χ4n) is 1.81. The summed E-state index contributed by atoms with van der Waals surface area (Å²) in [6.07, 6.45) is 3.50. The minimum absolute atomic E-state index is 0.205. The lowest BCUT2D eigenvalue weighted by atomic mass is 10.1. The van der Waals surface area contributed by atoms with E-state index in [0.29, 0.717) is 12.1 Å². The number of halogens is 2. The first kappa shape index (κ1) is 14.8. The summed E-state index contributed by atoms with van der Waals surface area (Å²) in [7, 11) is 0. The van der Waals surface area contributed by atoms with Gasteiger partial charge in [-0.15, -0.1) is 0 Å². The number of amides is 1. The van der Waals surface area contributed by atoms with E-state index in [2.05, 4.69) is 20.5 Å². The van der Waals surface area contributed by atoms with Crippen molar-refractivity contribution in [1.29, 1.82) is 0 Å². The zero-order chi connectivity index (χ0) is 14.5. The summed E-state index contributed by atoms with van der Waals surface area (Å²) in [6.45, 7) is 2.54. The van der Waals surface area contributed by atoms with E-state index in [1.54, 1.807) is 6.20 Å². The number of hydrogen-bond donors (Lipinski definition) is 2. The Bertz CT molecular complexity index is 592. The summed E-state index contributed by atoms with van der Waals surface area (Å²) < 4.78 is 0. The van der Waals surface area contributed by atoms with Crippen LogP contribution in [0.3, 0.4) is 0 Å². The minimum atomic E-state index is -0.208. The number of carbonyl (C=O) groups excluding carboxylic acids is 1. The molecule has 0 bridgehead atoms. The van der Waals surface area contributed by atoms with Gasteiger partial charge in [0.25, 0.3) is 5.91 Å². The van der Waals surface area contributed by atoms with E-state index in [0.717, 1.165) is 24.1 Å². The van der Waals surface area contributed by atoms with Crippen molar-refractivity contribution in [3.05, 3.63) is 45.5 Å². The van der Waals surface area contributed by atoms with E-state index in [1.165, 1.54) is 12.1 Å². The number of H-pyrrole nitrogens is 1. The van der Waals surface area contributed by atoms with Gasteiger partial charge >= 0.3 is 0 Å². The lowest BCUT2D eigenvalue weighted by Gasteiger charge is -2.05. The third-order valence-corrected chi connectivity index (χ3v) is 3.26. The van der Waals surface area contributed by atoms with Gasteiger partial charge in [0.15, 0.2) is 0 Å². The maximum atomic E-state index is 11.9. The van der Waals surface area contributed by atoms with Crippen molar-refractivity contribution in [1.82, 2.24) is 20.5 Å². The maximum absolute atomic E-state index is 11.9. The Morgan fingerprint density at radius 3 is 2.65 bits per heavy atom. The normalized spacial score (nSPS) is 10.6. The molecule has 0 spiro atoms. The van der Waals surface area contributed by atoms with Gasteiger partial charge in [0, 0.05) is 17.8 Å². The van der Waals surface area contributed by atoms with Crippen molar-refractivity contribution in [3.8, 4) is 0 Å². The lowest BCUT2D eigenvalue weighted by molar-refractivity contribution is 0.0953. The highest BCUT2D eigenvalue weighted by atomic mass is 35.5. The minimum Gasteiger partial charge on any atom is -0.352 e. The number of rotatable bonds is 5. The van der Waals surface area contributed by atoms with Gasteiger partial charge in [-0.05, 0) is 37.5 Å². The molecule has 0 radical (unpaired) electrons. The molecule has 20 heavy (non-hydrogen) atoms. The molecule has 0 aliphatic carbocycles. The highest BCUT2D eigenvalue weighted by molar-refractivity contribution is 6.33. The van der Waals surface area contributed by atoms with Crippen LogP contribution in [0.1, 0.15) is 28.0 Å². The Hall–Kier alpha value is -1.59. The predicted octanol–water partition coefficient (Wildman–Crippen LogP) is 2.78. The van der Waals surface area contributed by atoms with Crippen molar-refractivity contribution in [2.45, 2.75) is 19.8 Å². The monoisotopic (exact) mass is 312 g/mol. The first-order valence-corrected chi connectivity index (χ1v) is 6.92. The van der Waals surface area contributed by atoms with Crippen LogP contribution in [0.5, 0.6) is 0 Å². The summed E-state index contributed by atoms with van der Waals surface area (Å²) >= 11 is 11.5. The average Bonchev–Trinajstić information content (AvgIpc) is 2.79. The molecule has 2 aromatic rings. The Morgan fingerprint density at radius 2 is 2.05 bits per heavy atom. The van der Waals surface area contributed by atoms with E-state index in [9.17, 15) is 4.79 Å². The van der Waals surface area contributed by atoms with E-state index < -0.39 is 0 Å². The molecule has 2 heterocycles. The van der Waals surface area contributed by atoms with Crippen LogP contribution in [0.2, 0.25) is 10.3 Å². The fraction of sp³-hybridized carbons (Fsp3) is 0.308. The van der Waals surface area contributed by atoms with Crippen LogP contribution in [0, 0.1) is 6.92 Å². The fourth-order valence-corrected chi connectivity index (χ4v) is 2.27. The van der Waals surface area contributed by atoms with E-state index in [1.807, 2.05) is 6.92 Å². The highest BCUT2D eigenvalue weighted by Crippen LogP contribution is 2.14. The highest BCUT2D eigenvalue weighted by Gasteiger charge is 2.08. The second-order valence-corrected chi connectivity index (χ2v) is 5.16. The van der Waals surface area contributed by atoms with Crippen molar-refractivity contribution in [3.63, 3.8) is 0 Å². The van der Waals surface area contributed by atoms with Crippen molar-refractivity contribution < 1.29 is 4.79 Å². The third kappa shape index (κ3) is 3.95. The van der Waals surface area contributed by atoms with Gasteiger partial charge < -0.3 is 5.32 Å². The molecule has 0 atom stereocenters. The maximum Gasteiger partial charge on any atom is 0.251 e. The van der Waals surface area contributed by atoms with E-state index >= 15 is 0 Å². The van der Waals surface area contributed by atoms with Gasteiger partial charge in [0.05, 0.1) is 6.20 Å². The number of nitrogens with one attached hydrogen (secondary N) is 2. The van der Waals surface area contributed by atoms with Gasteiger partial charge in [0.1, 0.15) is 10.3 Å². The molecule has 5 nitrogen and oxygen atoms in total. The van der Waals surface area contributed by atoms with Gasteiger partial charge in [-0.25, -0.2) is 4.98 Å². The quantitative estimate of drug-likeness (QED) is 0.658. The summed E-state index contributed by atoms with van der Waals surface area (Å²) in [4.78, 5) is 15.7. The van der Waals surface area contributed by atoms with Crippen molar-refractivity contribution in [2.24, 2.45) is 0 Å². The standard InChI is InChI=1S/C13H14Cl2N4O/c1-8-9(7-17-19-8)3-2-4-16-13(20)10-5-11(14)18-12(15)6-10/h5-7H,2-4H2,1H3,(H,16,20)(H,17,19). The largest absolute Gasteiger partial charge is 0.352 e. The number of carbonyl (C=O) groups is 1. The van der Waals surface area contributed by atoms with Crippen LogP contribution < -0.4 is 5.32 Å². The summed E-state index contributed by atoms with van der Waals surface area (Å²) in [5, 5.41) is 10.1. The molecular formula is C13H14Cl2N4O. The van der Waals surface area contributed by atoms with Gasteiger partial charge in [-0.2, -0.15) is 5.10 Å². The Balaban J connectivity index is 1.82. The molecule has 2 N–H and O–H groups in total. The van der Waals surface area contributed by atoms with Crippen LogP contribution in [-0.4, -0.2) is 27.6 Å². The molecule has 0 saturated heterocycles. The van der Waals surface area contributed by atoms with E-state index in [-0.39, 0.29) is 16.2 Å². The molecule has 1 amide bonds.